The Balaban J connectivity index is 1.73. The van der Waals surface area contributed by atoms with Crippen LogP contribution in [0.15, 0.2) is 28.7 Å². The molecule has 3 rings (SSSR count). The summed E-state index contributed by atoms with van der Waals surface area (Å²) < 4.78 is 7.17. The van der Waals surface area contributed by atoms with Crippen molar-refractivity contribution in [3.8, 4) is 0 Å². The van der Waals surface area contributed by atoms with Crippen LogP contribution >= 0.6 is 15.9 Å². The maximum Gasteiger partial charge on any atom is 0.0684 e. The molecule has 3 heteroatoms. The van der Waals surface area contributed by atoms with Crippen LogP contribution in [0.25, 0.3) is 0 Å². The lowest BCUT2D eigenvalue weighted by atomic mass is 9.55. The molecule has 0 aromatic heterocycles. The van der Waals surface area contributed by atoms with E-state index in [2.05, 4.69) is 66.3 Å². The Morgan fingerprint density at radius 3 is 2.85 bits per heavy atom. The Morgan fingerprint density at radius 2 is 2.10 bits per heavy atom. The molecule has 0 radical (unpaired) electrons. The first-order valence-corrected chi connectivity index (χ1v) is 8.43. The lowest BCUT2D eigenvalue weighted by Gasteiger charge is -2.60. The van der Waals surface area contributed by atoms with Gasteiger partial charge in [-0.1, -0.05) is 48.0 Å². The molecule has 2 fully saturated rings. The van der Waals surface area contributed by atoms with Crippen molar-refractivity contribution in [3.63, 3.8) is 0 Å². The Bertz CT molecular complexity index is 488. The zero-order valence-corrected chi connectivity index (χ0v) is 14.1. The van der Waals surface area contributed by atoms with Crippen LogP contribution in [-0.2, 0) is 4.74 Å². The van der Waals surface area contributed by atoms with E-state index in [1.165, 1.54) is 22.9 Å². The van der Waals surface area contributed by atoms with Crippen LogP contribution in [-0.4, -0.2) is 18.8 Å². The van der Waals surface area contributed by atoms with Gasteiger partial charge in [-0.2, -0.15) is 0 Å². The number of halogens is 1. The number of ether oxygens (including phenoxy) is 1. The number of hydrogen-bond donors (Lipinski definition) is 1. The average Bonchev–Trinajstić information content (AvgIpc) is 2.45. The molecule has 1 aromatic carbocycles. The van der Waals surface area contributed by atoms with Gasteiger partial charge in [0.15, 0.2) is 0 Å². The van der Waals surface area contributed by atoms with Crippen molar-refractivity contribution in [3.05, 3.63) is 34.3 Å². The molecular weight excluding hydrogens is 314 g/mol. The second kappa shape index (κ2) is 5.43. The first-order chi connectivity index (χ1) is 9.51. The zero-order chi connectivity index (χ0) is 14.3. The van der Waals surface area contributed by atoms with Crippen LogP contribution in [0.3, 0.4) is 0 Å². The van der Waals surface area contributed by atoms with E-state index in [-0.39, 0.29) is 5.41 Å². The van der Waals surface area contributed by atoms with Gasteiger partial charge in [-0.05, 0) is 31.4 Å². The molecule has 1 saturated heterocycles. The SMILES string of the molecule is C[C@@H](NC1C2CCCOC2C1(C)C)c1ccccc1Br. The van der Waals surface area contributed by atoms with Crippen molar-refractivity contribution in [1.82, 2.24) is 5.32 Å². The number of rotatable bonds is 3. The molecule has 1 N–H and O–H groups in total. The Hall–Kier alpha value is -0.380. The highest BCUT2D eigenvalue weighted by Crippen LogP contribution is 2.52. The fourth-order valence-corrected chi connectivity index (χ4v) is 4.67. The lowest BCUT2D eigenvalue weighted by Crippen LogP contribution is -2.69. The molecule has 2 aliphatic rings. The Kier molecular flexibility index (Phi) is 3.95. The minimum atomic E-state index is 0.237. The Morgan fingerprint density at radius 1 is 1.35 bits per heavy atom. The van der Waals surface area contributed by atoms with Gasteiger partial charge in [-0.3, -0.25) is 0 Å². The molecule has 1 aliphatic carbocycles. The van der Waals surface area contributed by atoms with Gasteiger partial charge in [-0.15, -0.1) is 0 Å². The van der Waals surface area contributed by atoms with Gasteiger partial charge in [0, 0.05) is 34.5 Å². The van der Waals surface area contributed by atoms with E-state index >= 15 is 0 Å². The normalized spacial score (nSPS) is 33.1. The summed E-state index contributed by atoms with van der Waals surface area (Å²) in [6.45, 7) is 7.87. The number of hydrogen-bond acceptors (Lipinski definition) is 2. The number of fused-ring (bicyclic) bond motifs is 1. The van der Waals surface area contributed by atoms with Gasteiger partial charge >= 0.3 is 0 Å². The third-order valence-electron chi connectivity index (χ3n) is 5.13. The quantitative estimate of drug-likeness (QED) is 0.887. The van der Waals surface area contributed by atoms with Gasteiger partial charge in [0.25, 0.3) is 0 Å². The van der Waals surface area contributed by atoms with Crippen molar-refractivity contribution < 1.29 is 4.74 Å². The van der Waals surface area contributed by atoms with Crippen molar-refractivity contribution in [2.45, 2.75) is 51.8 Å². The van der Waals surface area contributed by atoms with Crippen LogP contribution in [0.5, 0.6) is 0 Å². The second-order valence-corrected chi connectivity index (χ2v) is 7.66. The summed E-state index contributed by atoms with van der Waals surface area (Å²) in [6, 6.07) is 9.40. The third kappa shape index (κ3) is 2.34. The summed E-state index contributed by atoms with van der Waals surface area (Å²) in [5.41, 5.74) is 1.57. The minimum absolute atomic E-state index is 0.237. The van der Waals surface area contributed by atoms with Crippen molar-refractivity contribution >= 4 is 15.9 Å². The third-order valence-corrected chi connectivity index (χ3v) is 5.85. The molecule has 1 heterocycles. The van der Waals surface area contributed by atoms with E-state index in [1.54, 1.807) is 0 Å². The first-order valence-electron chi connectivity index (χ1n) is 7.64. The molecule has 0 bridgehead atoms. The zero-order valence-electron chi connectivity index (χ0n) is 12.5. The largest absolute Gasteiger partial charge is 0.377 e. The average molecular weight is 338 g/mol. The van der Waals surface area contributed by atoms with Crippen LogP contribution in [0.1, 0.15) is 45.2 Å². The molecule has 0 amide bonds. The van der Waals surface area contributed by atoms with Crippen LogP contribution in [0.4, 0.5) is 0 Å². The number of benzene rings is 1. The van der Waals surface area contributed by atoms with Crippen molar-refractivity contribution in [2.24, 2.45) is 11.3 Å². The predicted octanol–water partition coefficient (Wildman–Crippen LogP) is 4.30. The van der Waals surface area contributed by atoms with Gasteiger partial charge in [0.1, 0.15) is 0 Å². The van der Waals surface area contributed by atoms with Gasteiger partial charge < -0.3 is 10.1 Å². The summed E-state index contributed by atoms with van der Waals surface area (Å²) in [5.74, 6) is 0.684. The summed E-state index contributed by atoms with van der Waals surface area (Å²) in [4.78, 5) is 0. The van der Waals surface area contributed by atoms with E-state index in [4.69, 9.17) is 4.74 Å². The van der Waals surface area contributed by atoms with E-state index in [1.807, 2.05) is 0 Å². The highest BCUT2D eigenvalue weighted by Gasteiger charge is 2.57. The lowest BCUT2D eigenvalue weighted by molar-refractivity contribution is -0.194. The summed E-state index contributed by atoms with van der Waals surface area (Å²) in [7, 11) is 0. The molecule has 1 aliphatic heterocycles. The van der Waals surface area contributed by atoms with Gasteiger partial charge in [0.2, 0.25) is 0 Å². The van der Waals surface area contributed by atoms with Crippen LogP contribution in [0.2, 0.25) is 0 Å². The van der Waals surface area contributed by atoms with Gasteiger partial charge in [0.05, 0.1) is 6.10 Å². The second-order valence-electron chi connectivity index (χ2n) is 6.81. The smallest absolute Gasteiger partial charge is 0.0684 e. The maximum absolute atomic E-state index is 5.98. The van der Waals surface area contributed by atoms with Gasteiger partial charge in [-0.25, -0.2) is 0 Å². The maximum atomic E-state index is 5.98. The fourth-order valence-electron chi connectivity index (χ4n) is 4.05. The fraction of sp³-hybridized carbons (Fsp3) is 0.647. The molecule has 4 atom stereocenters. The molecule has 20 heavy (non-hydrogen) atoms. The summed E-state index contributed by atoms with van der Waals surface area (Å²) in [5, 5.41) is 3.85. The molecule has 1 saturated carbocycles. The first kappa shape index (κ1) is 14.6. The summed E-state index contributed by atoms with van der Waals surface area (Å²) >= 11 is 3.66. The monoisotopic (exact) mass is 337 g/mol. The highest BCUT2D eigenvalue weighted by molar-refractivity contribution is 9.10. The number of nitrogens with one attached hydrogen (secondary N) is 1. The Labute approximate surface area is 130 Å². The van der Waals surface area contributed by atoms with E-state index in [9.17, 15) is 0 Å². The summed E-state index contributed by atoms with van der Waals surface area (Å²) in [6.07, 6.45) is 2.95. The molecule has 3 unspecified atom stereocenters. The van der Waals surface area contributed by atoms with E-state index < -0.39 is 0 Å². The predicted molar refractivity (Wildman–Crippen MR) is 85.7 cm³/mol. The van der Waals surface area contributed by atoms with E-state index in [0.29, 0.717) is 24.1 Å². The standard InChI is InChI=1S/C17H24BrNO/c1-11(12-7-4-5-9-14(12)18)19-15-13-8-6-10-20-16(13)17(15,2)3/h4-5,7,9,11,13,15-16,19H,6,8,10H2,1-3H3/t11-,13?,15?,16?/m1/s1. The molecule has 1 aromatic rings. The molecule has 110 valence electrons. The van der Waals surface area contributed by atoms with Crippen molar-refractivity contribution in [2.75, 3.05) is 6.61 Å². The topological polar surface area (TPSA) is 21.3 Å². The minimum Gasteiger partial charge on any atom is -0.377 e. The van der Waals surface area contributed by atoms with Crippen LogP contribution in [0, 0.1) is 11.3 Å². The highest BCUT2D eigenvalue weighted by atomic mass is 79.9. The molecular formula is C17H24BrNO. The van der Waals surface area contributed by atoms with Crippen molar-refractivity contribution in [1.29, 1.82) is 0 Å². The molecule has 2 nitrogen and oxygen atoms in total. The van der Waals surface area contributed by atoms with E-state index in [0.717, 1.165) is 6.61 Å². The van der Waals surface area contributed by atoms with Crippen LogP contribution < -0.4 is 5.32 Å². The molecule has 0 spiro atoms.